The molecule has 0 N–H and O–H groups in total. The molecule has 2 atom stereocenters. The topological polar surface area (TPSA) is 51.5 Å². The van der Waals surface area contributed by atoms with E-state index in [4.69, 9.17) is 4.74 Å². The Kier molecular flexibility index (Phi) is 5.24. The molecule has 1 fully saturated rings. The van der Waals surface area contributed by atoms with Crippen molar-refractivity contribution < 1.29 is 9.53 Å². The zero-order chi connectivity index (χ0) is 21.5. The normalized spacial score (nSPS) is 19.8. The van der Waals surface area contributed by atoms with Gasteiger partial charge in [-0.3, -0.25) is 9.59 Å². The number of rotatable bonds is 2. The van der Waals surface area contributed by atoms with Gasteiger partial charge in [-0.25, -0.2) is 0 Å². The Morgan fingerprint density at radius 2 is 1.67 bits per heavy atom. The highest BCUT2D eigenvalue weighted by atomic mass is 16.5. The highest BCUT2D eigenvalue weighted by Crippen LogP contribution is 2.34. The molecule has 1 aromatic heterocycles. The van der Waals surface area contributed by atoms with Crippen LogP contribution < -0.4 is 5.56 Å². The summed E-state index contributed by atoms with van der Waals surface area (Å²) in [5.41, 5.74) is 1.65. The molecule has 0 radical (unpaired) electrons. The summed E-state index contributed by atoms with van der Waals surface area (Å²) in [5, 5.41) is 0.878. The van der Waals surface area contributed by atoms with Crippen LogP contribution in [0.15, 0.2) is 65.5 Å². The number of ether oxygens (including phenoxy) is 1. The van der Waals surface area contributed by atoms with E-state index in [1.54, 1.807) is 22.6 Å². The van der Waals surface area contributed by atoms with Gasteiger partial charge in [-0.2, -0.15) is 0 Å². The van der Waals surface area contributed by atoms with Crippen LogP contribution in [-0.4, -0.2) is 34.6 Å². The summed E-state index contributed by atoms with van der Waals surface area (Å²) >= 11 is 0. The lowest BCUT2D eigenvalue weighted by Gasteiger charge is -2.43. The number of nitrogens with zero attached hydrogens (tertiary/aromatic N) is 2. The maximum atomic E-state index is 13.5. The van der Waals surface area contributed by atoms with Crippen molar-refractivity contribution in [3.63, 3.8) is 0 Å². The zero-order valence-corrected chi connectivity index (χ0v) is 18.0. The van der Waals surface area contributed by atoms with Crippen molar-refractivity contribution in [2.75, 3.05) is 13.1 Å². The Morgan fingerprint density at radius 3 is 2.37 bits per heavy atom. The van der Waals surface area contributed by atoms with Gasteiger partial charge in [0.15, 0.2) is 0 Å². The van der Waals surface area contributed by atoms with Crippen LogP contribution in [0.2, 0.25) is 0 Å². The van der Waals surface area contributed by atoms with Gasteiger partial charge in [-0.05, 0) is 28.5 Å². The molecule has 2 heterocycles. The number of hydrogen-bond donors (Lipinski definition) is 0. The van der Waals surface area contributed by atoms with Gasteiger partial charge in [0.05, 0.1) is 18.2 Å². The molecule has 2 aromatic carbocycles. The van der Waals surface area contributed by atoms with E-state index in [-0.39, 0.29) is 34.7 Å². The Bertz CT molecular complexity index is 1130. The summed E-state index contributed by atoms with van der Waals surface area (Å²) in [4.78, 5) is 28.3. The van der Waals surface area contributed by atoms with Gasteiger partial charge in [0.1, 0.15) is 11.7 Å². The minimum atomic E-state index is -0.270. The van der Waals surface area contributed by atoms with Crippen LogP contribution >= 0.6 is 0 Å². The van der Waals surface area contributed by atoms with E-state index < -0.39 is 0 Å². The first-order valence-electron chi connectivity index (χ1n) is 10.3. The molecule has 3 aromatic rings. The molecule has 1 saturated heterocycles. The van der Waals surface area contributed by atoms with E-state index in [9.17, 15) is 9.59 Å². The average Bonchev–Trinajstić information content (AvgIpc) is 2.75. The average molecular weight is 405 g/mol. The maximum absolute atomic E-state index is 13.5. The molecule has 0 unspecified atom stereocenters. The molecule has 5 heteroatoms. The molecule has 0 spiro atoms. The minimum absolute atomic E-state index is 0.135. The van der Waals surface area contributed by atoms with Crippen LogP contribution in [-0.2, 0) is 11.8 Å². The number of hydrogen-bond acceptors (Lipinski definition) is 3. The molecule has 5 nitrogen and oxygen atoms in total. The molecule has 1 aliphatic rings. The van der Waals surface area contributed by atoms with Crippen molar-refractivity contribution in [1.82, 2.24) is 9.47 Å². The molecule has 4 rings (SSSR count). The predicted molar refractivity (Wildman–Crippen MR) is 119 cm³/mol. The van der Waals surface area contributed by atoms with Gasteiger partial charge in [0.2, 0.25) is 0 Å². The maximum Gasteiger partial charge on any atom is 0.263 e. The van der Waals surface area contributed by atoms with E-state index in [0.717, 1.165) is 16.5 Å². The fourth-order valence-electron chi connectivity index (χ4n) is 4.00. The number of amides is 1. The number of morpholine rings is 1. The summed E-state index contributed by atoms with van der Waals surface area (Å²) in [6, 6.07) is 19.3. The molecule has 0 saturated carbocycles. The fraction of sp³-hybridized carbons (Fsp3) is 0.360. The van der Waals surface area contributed by atoms with Gasteiger partial charge in [-0.1, -0.05) is 69.3 Å². The van der Waals surface area contributed by atoms with Crippen molar-refractivity contribution in [1.29, 1.82) is 0 Å². The number of benzene rings is 2. The van der Waals surface area contributed by atoms with Crippen molar-refractivity contribution in [2.45, 2.75) is 33.0 Å². The lowest BCUT2D eigenvalue weighted by Crippen LogP contribution is -2.52. The number of aryl methyl sites for hydroxylation is 1. The Morgan fingerprint density at radius 1 is 1.00 bits per heavy atom. The Balaban J connectivity index is 1.73. The van der Waals surface area contributed by atoms with Crippen molar-refractivity contribution in [3.8, 4) is 0 Å². The summed E-state index contributed by atoms with van der Waals surface area (Å²) in [6.45, 7) is 7.22. The predicted octanol–water partition coefficient (Wildman–Crippen LogP) is 4.17. The van der Waals surface area contributed by atoms with Crippen molar-refractivity contribution in [2.24, 2.45) is 12.5 Å². The number of pyridine rings is 1. The highest BCUT2D eigenvalue weighted by molar-refractivity contribution is 5.97. The van der Waals surface area contributed by atoms with E-state index in [2.05, 4.69) is 20.8 Å². The van der Waals surface area contributed by atoms with E-state index in [1.165, 1.54) is 0 Å². The highest BCUT2D eigenvalue weighted by Gasteiger charge is 2.38. The summed E-state index contributed by atoms with van der Waals surface area (Å²) in [6.07, 6.45) is -0.359. The van der Waals surface area contributed by atoms with Gasteiger partial charge >= 0.3 is 0 Å². The SMILES string of the molecule is Cn1c(=O)c(C(=O)N2C[C@@H](c3ccccc3)O[C@@H](C(C)(C)C)C2)cc2ccccc21. The lowest BCUT2D eigenvalue weighted by molar-refractivity contribution is -0.119. The largest absolute Gasteiger partial charge is 0.366 e. The number of aromatic nitrogens is 1. The summed E-state index contributed by atoms with van der Waals surface area (Å²) < 4.78 is 7.95. The second-order valence-electron chi connectivity index (χ2n) is 9.08. The Hall–Kier alpha value is -2.92. The van der Waals surface area contributed by atoms with Gasteiger partial charge in [0, 0.05) is 13.6 Å². The van der Waals surface area contributed by atoms with Crippen LogP contribution in [0.4, 0.5) is 0 Å². The molecule has 1 aliphatic heterocycles. The van der Waals surface area contributed by atoms with Crippen LogP contribution in [0.5, 0.6) is 0 Å². The van der Waals surface area contributed by atoms with Gasteiger partial charge in [0.25, 0.3) is 11.5 Å². The molecule has 0 aliphatic carbocycles. The van der Waals surface area contributed by atoms with Crippen LogP contribution in [0, 0.1) is 5.41 Å². The molecule has 0 bridgehead atoms. The second-order valence-corrected chi connectivity index (χ2v) is 9.08. The van der Waals surface area contributed by atoms with E-state index in [1.807, 2.05) is 54.6 Å². The second kappa shape index (κ2) is 7.73. The number of fused-ring (bicyclic) bond motifs is 1. The molecular weight excluding hydrogens is 376 g/mol. The minimum Gasteiger partial charge on any atom is -0.366 e. The molecular formula is C25H28N2O3. The molecule has 156 valence electrons. The number of para-hydroxylation sites is 1. The summed E-state index contributed by atoms with van der Waals surface area (Å²) in [5.74, 6) is -0.236. The van der Waals surface area contributed by atoms with Gasteiger partial charge in [-0.15, -0.1) is 0 Å². The third kappa shape index (κ3) is 3.77. The third-order valence-electron chi connectivity index (χ3n) is 5.89. The zero-order valence-electron chi connectivity index (χ0n) is 18.0. The first-order valence-corrected chi connectivity index (χ1v) is 10.3. The van der Waals surface area contributed by atoms with E-state index in [0.29, 0.717) is 13.1 Å². The molecule has 1 amide bonds. The number of carbonyl (C=O) groups is 1. The fourth-order valence-corrected chi connectivity index (χ4v) is 4.00. The first kappa shape index (κ1) is 20.4. The van der Waals surface area contributed by atoms with Crippen LogP contribution in [0.3, 0.4) is 0 Å². The first-order chi connectivity index (χ1) is 14.3. The third-order valence-corrected chi connectivity index (χ3v) is 5.89. The number of carbonyl (C=O) groups excluding carboxylic acids is 1. The van der Waals surface area contributed by atoms with Crippen molar-refractivity contribution >= 4 is 16.8 Å². The molecule has 30 heavy (non-hydrogen) atoms. The van der Waals surface area contributed by atoms with Crippen LogP contribution in [0.25, 0.3) is 10.9 Å². The monoisotopic (exact) mass is 404 g/mol. The Labute approximate surface area is 176 Å². The smallest absolute Gasteiger partial charge is 0.263 e. The summed E-state index contributed by atoms with van der Waals surface area (Å²) in [7, 11) is 1.71. The van der Waals surface area contributed by atoms with Crippen molar-refractivity contribution in [3.05, 3.63) is 82.1 Å². The quantitative estimate of drug-likeness (QED) is 0.644. The lowest BCUT2D eigenvalue weighted by atomic mass is 9.87. The van der Waals surface area contributed by atoms with Gasteiger partial charge < -0.3 is 14.2 Å². The van der Waals surface area contributed by atoms with Crippen LogP contribution in [0.1, 0.15) is 42.8 Å². The van der Waals surface area contributed by atoms with E-state index >= 15 is 0 Å². The standard InChI is InChI=1S/C25H28N2O3/c1-25(2,3)22-16-27(15-21(30-22)17-10-6-5-7-11-17)24(29)19-14-18-12-8-9-13-20(18)26(4)23(19)28/h5-14,21-22H,15-16H2,1-4H3/t21-,22+/m0/s1.